The Labute approximate surface area is 146 Å². The van der Waals surface area contributed by atoms with Gasteiger partial charge >= 0.3 is 5.97 Å². The summed E-state index contributed by atoms with van der Waals surface area (Å²) in [6, 6.07) is 11.8. The number of benzene rings is 2. The van der Waals surface area contributed by atoms with Gasteiger partial charge in [0.05, 0.1) is 24.7 Å². The van der Waals surface area contributed by atoms with E-state index in [4.69, 9.17) is 4.74 Å². The molecule has 1 N–H and O–H groups in total. The van der Waals surface area contributed by atoms with E-state index in [1.807, 2.05) is 18.2 Å². The molecular weight excluding hydrogens is 377 g/mol. The maximum absolute atomic E-state index is 13.6. The van der Waals surface area contributed by atoms with Crippen LogP contribution < -0.4 is 4.74 Å². The molecule has 0 saturated carbocycles. The molecule has 6 heteroatoms. The van der Waals surface area contributed by atoms with Gasteiger partial charge in [0.2, 0.25) is 0 Å². The number of hydrogen-bond acceptors (Lipinski definition) is 3. The zero-order valence-corrected chi connectivity index (χ0v) is 14.3. The molecule has 3 aromatic rings. The van der Waals surface area contributed by atoms with Crippen molar-refractivity contribution in [3.05, 3.63) is 58.3 Å². The highest BCUT2D eigenvalue weighted by Gasteiger charge is 2.14. The number of carboxylic acids is 1. The second kappa shape index (κ2) is 6.57. The minimum absolute atomic E-state index is 0.0893. The van der Waals surface area contributed by atoms with Crippen molar-refractivity contribution in [2.75, 3.05) is 7.11 Å². The van der Waals surface area contributed by atoms with Crippen molar-refractivity contribution >= 4 is 32.8 Å². The van der Waals surface area contributed by atoms with Crippen LogP contribution in [0, 0.1) is 5.82 Å². The van der Waals surface area contributed by atoms with Gasteiger partial charge in [-0.1, -0.05) is 15.9 Å². The lowest BCUT2D eigenvalue weighted by atomic mass is 10.0. The Morgan fingerprint density at radius 2 is 2.04 bits per heavy atom. The number of aromatic nitrogens is 1. The van der Waals surface area contributed by atoms with Crippen molar-refractivity contribution < 1.29 is 19.0 Å². The molecule has 0 aliphatic carbocycles. The maximum Gasteiger partial charge on any atom is 0.307 e. The first-order valence-corrected chi connectivity index (χ1v) is 7.92. The predicted octanol–water partition coefficient (Wildman–Crippen LogP) is 4.44. The monoisotopic (exact) mass is 389 g/mol. The van der Waals surface area contributed by atoms with Crippen LogP contribution in [0.4, 0.5) is 4.39 Å². The molecule has 4 nitrogen and oxygen atoms in total. The topological polar surface area (TPSA) is 59.4 Å². The Balaban J connectivity index is 2.24. The summed E-state index contributed by atoms with van der Waals surface area (Å²) in [5, 5.41) is 10.0. The summed E-state index contributed by atoms with van der Waals surface area (Å²) < 4.78 is 19.5. The molecule has 3 rings (SSSR count). The van der Waals surface area contributed by atoms with Crippen molar-refractivity contribution in [1.82, 2.24) is 4.98 Å². The van der Waals surface area contributed by atoms with Gasteiger partial charge < -0.3 is 9.84 Å². The molecule has 2 aromatic carbocycles. The van der Waals surface area contributed by atoms with Gasteiger partial charge in [-0.2, -0.15) is 0 Å². The Hall–Kier alpha value is -2.47. The van der Waals surface area contributed by atoms with Gasteiger partial charge in [-0.15, -0.1) is 0 Å². The minimum atomic E-state index is -0.957. The molecule has 24 heavy (non-hydrogen) atoms. The number of fused-ring (bicyclic) bond motifs is 1. The quantitative estimate of drug-likeness (QED) is 0.716. The third-order valence-corrected chi connectivity index (χ3v) is 4.12. The standard InChI is InChI=1S/C18H13BrFNO3/c1-24-16-8-10(2-4-14(16)20)18-12(9-17(22)23)6-11-7-13(19)3-5-15(11)21-18/h2-8H,9H2,1H3,(H,22,23). The van der Waals surface area contributed by atoms with E-state index in [0.29, 0.717) is 16.8 Å². The fraction of sp³-hybridized carbons (Fsp3) is 0.111. The molecule has 0 saturated heterocycles. The fourth-order valence-corrected chi connectivity index (χ4v) is 2.92. The highest BCUT2D eigenvalue weighted by Crippen LogP contribution is 2.31. The fourth-order valence-electron chi connectivity index (χ4n) is 2.55. The van der Waals surface area contributed by atoms with E-state index in [9.17, 15) is 14.3 Å². The number of carboxylic acid groups (broad SMARTS) is 1. The first-order valence-electron chi connectivity index (χ1n) is 7.13. The van der Waals surface area contributed by atoms with Crippen LogP contribution in [0.15, 0.2) is 46.9 Å². The van der Waals surface area contributed by atoms with Crippen LogP contribution in [-0.4, -0.2) is 23.2 Å². The number of hydrogen-bond donors (Lipinski definition) is 1. The Kier molecular flexibility index (Phi) is 4.49. The molecule has 0 atom stereocenters. The van der Waals surface area contributed by atoms with E-state index in [-0.39, 0.29) is 12.2 Å². The van der Waals surface area contributed by atoms with Gasteiger partial charge in [0, 0.05) is 15.4 Å². The lowest BCUT2D eigenvalue weighted by Crippen LogP contribution is -2.04. The van der Waals surface area contributed by atoms with Crippen LogP contribution in [0.2, 0.25) is 0 Å². The van der Waals surface area contributed by atoms with Crippen LogP contribution in [0.25, 0.3) is 22.2 Å². The third-order valence-electron chi connectivity index (χ3n) is 3.62. The van der Waals surface area contributed by atoms with Gasteiger partial charge in [0.25, 0.3) is 0 Å². The largest absolute Gasteiger partial charge is 0.494 e. The number of ether oxygens (including phenoxy) is 1. The van der Waals surface area contributed by atoms with Crippen LogP contribution in [-0.2, 0) is 11.2 Å². The molecule has 0 spiro atoms. The lowest BCUT2D eigenvalue weighted by molar-refractivity contribution is -0.136. The van der Waals surface area contributed by atoms with Crippen LogP contribution in [0.3, 0.4) is 0 Å². The molecule has 0 bridgehead atoms. The average Bonchev–Trinajstić information content (AvgIpc) is 2.54. The minimum Gasteiger partial charge on any atom is -0.494 e. The van der Waals surface area contributed by atoms with Gasteiger partial charge in [-0.05, 0) is 48.0 Å². The van der Waals surface area contributed by atoms with Crippen molar-refractivity contribution in [1.29, 1.82) is 0 Å². The SMILES string of the molecule is COc1cc(-c2nc3ccc(Br)cc3cc2CC(=O)O)ccc1F. The van der Waals surface area contributed by atoms with Crippen molar-refractivity contribution in [3.8, 4) is 17.0 Å². The van der Waals surface area contributed by atoms with Crippen molar-refractivity contribution in [3.63, 3.8) is 0 Å². The summed E-state index contributed by atoms with van der Waals surface area (Å²) in [6.07, 6.45) is -0.176. The summed E-state index contributed by atoms with van der Waals surface area (Å²) in [5.41, 5.74) is 2.40. The highest BCUT2D eigenvalue weighted by molar-refractivity contribution is 9.10. The van der Waals surface area contributed by atoms with E-state index in [2.05, 4.69) is 20.9 Å². The maximum atomic E-state index is 13.6. The summed E-state index contributed by atoms with van der Waals surface area (Å²) in [6.45, 7) is 0. The van der Waals surface area contributed by atoms with Crippen molar-refractivity contribution in [2.24, 2.45) is 0 Å². The number of carbonyl (C=O) groups is 1. The molecular formula is C18H13BrFNO3. The van der Waals surface area contributed by atoms with Crippen LogP contribution in [0.1, 0.15) is 5.56 Å². The first kappa shape index (κ1) is 16.4. The van der Waals surface area contributed by atoms with Crippen molar-refractivity contribution in [2.45, 2.75) is 6.42 Å². The van der Waals surface area contributed by atoms with E-state index < -0.39 is 11.8 Å². The van der Waals surface area contributed by atoms with Gasteiger partial charge in [0.1, 0.15) is 0 Å². The number of pyridine rings is 1. The number of methoxy groups -OCH3 is 1. The number of nitrogens with zero attached hydrogens (tertiary/aromatic N) is 1. The number of aliphatic carboxylic acids is 1. The molecule has 0 aliphatic heterocycles. The van der Waals surface area contributed by atoms with Gasteiger partial charge in [-0.25, -0.2) is 9.37 Å². The lowest BCUT2D eigenvalue weighted by Gasteiger charge is -2.11. The van der Waals surface area contributed by atoms with E-state index >= 15 is 0 Å². The first-order chi connectivity index (χ1) is 11.5. The summed E-state index contributed by atoms with van der Waals surface area (Å²) in [4.78, 5) is 15.8. The van der Waals surface area contributed by atoms with Gasteiger partial charge in [-0.3, -0.25) is 4.79 Å². The van der Waals surface area contributed by atoms with Crippen LogP contribution in [0.5, 0.6) is 5.75 Å². The number of halogens is 2. The summed E-state index contributed by atoms with van der Waals surface area (Å²) in [7, 11) is 1.38. The zero-order valence-electron chi connectivity index (χ0n) is 12.7. The van der Waals surface area contributed by atoms with E-state index in [1.165, 1.54) is 19.2 Å². The van der Waals surface area contributed by atoms with E-state index in [0.717, 1.165) is 15.4 Å². The molecule has 0 unspecified atom stereocenters. The Morgan fingerprint density at radius 3 is 2.75 bits per heavy atom. The third kappa shape index (κ3) is 3.23. The Bertz CT molecular complexity index is 943. The normalized spacial score (nSPS) is 10.8. The molecule has 0 radical (unpaired) electrons. The summed E-state index contributed by atoms with van der Waals surface area (Å²) in [5.74, 6) is -1.35. The molecule has 0 aliphatic rings. The molecule has 0 fully saturated rings. The second-order valence-electron chi connectivity index (χ2n) is 5.25. The Morgan fingerprint density at radius 1 is 1.25 bits per heavy atom. The molecule has 0 amide bonds. The molecule has 1 heterocycles. The average molecular weight is 390 g/mol. The van der Waals surface area contributed by atoms with Gasteiger partial charge in [0.15, 0.2) is 11.6 Å². The highest BCUT2D eigenvalue weighted by atomic mass is 79.9. The molecule has 122 valence electrons. The molecule has 1 aromatic heterocycles. The predicted molar refractivity (Wildman–Crippen MR) is 92.7 cm³/mol. The number of rotatable bonds is 4. The smallest absolute Gasteiger partial charge is 0.307 e. The van der Waals surface area contributed by atoms with Crippen LogP contribution >= 0.6 is 15.9 Å². The summed E-state index contributed by atoms with van der Waals surface area (Å²) >= 11 is 3.40. The second-order valence-corrected chi connectivity index (χ2v) is 6.17. The van der Waals surface area contributed by atoms with E-state index in [1.54, 1.807) is 12.1 Å². The zero-order chi connectivity index (χ0) is 17.3.